The Balaban J connectivity index is 1.27. The van der Waals surface area contributed by atoms with Crippen LogP contribution in [0.4, 0.5) is 5.82 Å². The number of nitrogens with zero attached hydrogens (tertiary/aromatic N) is 3. The van der Waals surface area contributed by atoms with Crippen molar-refractivity contribution in [1.29, 1.82) is 0 Å². The van der Waals surface area contributed by atoms with Gasteiger partial charge in [0, 0.05) is 42.2 Å². The average molecular weight is 460 g/mol. The van der Waals surface area contributed by atoms with Crippen LogP contribution in [0.25, 0.3) is 0 Å². The number of piperazine rings is 1. The van der Waals surface area contributed by atoms with Gasteiger partial charge in [0.05, 0.1) is 5.69 Å². The Morgan fingerprint density at radius 1 is 1.00 bits per heavy atom. The van der Waals surface area contributed by atoms with Gasteiger partial charge in [-0.05, 0) is 81.9 Å². The molecule has 3 aliphatic heterocycles. The summed E-state index contributed by atoms with van der Waals surface area (Å²) in [6.07, 6.45) is 12.0. The zero-order chi connectivity index (χ0) is 22.5. The molecule has 7 rings (SSSR count). The van der Waals surface area contributed by atoms with Crippen molar-refractivity contribution in [2.24, 2.45) is 0 Å². The lowest BCUT2D eigenvalue weighted by Crippen LogP contribution is -2.53. The highest BCUT2D eigenvalue weighted by molar-refractivity contribution is 5.56. The molecule has 1 aromatic carbocycles. The lowest BCUT2D eigenvalue weighted by atomic mass is 9.62. The van der Waals surface area contributed by atoms with Gasteiger partial charge in [-0.2, -0.15) is 9.97 Å². The smallest absolute Gasteiger partial charge is 0.318 e. The summed E-state index contributed by atoms with van der Waals surface area (Å²) in [5.41, 5.74) is 6.00. The van der Waals surface area contributed by atoms with Crippen molar-refractivity contribution >= 4 is 5.82 Å². The van der Waals surface area contributed by atoms with Crippen LogP contribution in [0.2, 0.25) is 0 Å². The zero-order valence-corrected chi connectivity index (χ0v) is 20.2. The van der Waals surface area contributed by atoms with Crippen molar-refractivity contribution in [3.8, 4) is 6.01 Å². The fourth-order valence-corrected chi connectivity index (χ4v) is 7.60. The third-order valence-corrected chi connectivity index (χ3v) is 9.30. The zero-order valence-electron chi connectivity index (χ0n) is 20.2. The number of ether oxygens (including phenoxy) is 1. The van der Waals surface area contributed by atoms with Crippen LogP contribution in [-0.2, 0) is 24.7 Å². The molecule has 2 aliphatic carbocycles. The lowest BCUT2D eigenvalue weighted by Gasteiger charge is -2.44. The van der Waals surface area contributed by atoms with Crippen molar-refractivity contribution < 1.29 is 4.74 Å². The molecule has 5 aliphatic rings. The van der Waals surface area contributed by atoms with Crippen molar-refractivity contribution in [1.82, 2.24) is 20.6 Å². The maximum atomic E-state index is 6.30. The molecule has 2 bridgehead atoms. The molecular formula is C28H37N5O. The molecule has 2 aromatic rings. The summed E-state index contributed by atoms with van der Waals surface area (Å²) in [6, 6.07) is 11.3. The maximum Gasteiger partial charge on any atom is 0.318 e. The third kappa shape index (κ3) is 3.53. The number of aromatic nitrogens is 2. The highest BCUT2D eigenvalue weighted by Gasteiger charge is 2.44. The monoisotopic (exact) mass is 459 g/mol. The molecule has 0 amide bonds. The predicted molar refractivity (Wildman–Crippen MR) is 134 cm³/mol. The van der Waals surface area contributed by atoms with Crippen LogP contribution in [0.3, 0.4) is 0 Å². The van der Waals surface area contributed by atoms with Gasteiger partial charge in [0.25, 0.3) is 0 Å². The summed E-state index contributed by atoms with van der Waals surface area (Å²) in [5, 5.41) is 7.19. The number of rotatable bonds is 4. The number of fused-ring (bicyclic) bond motifs is 5. The normalized spacial score (nSPS) is 32.0. The summed E-state index contributed by atoms with van der Waals surface area (Å²) in [6.45, 7) is 3.89. The lowest BCUT2D eigenvalue weighted by molar-refractivity contribution is 0.252. The number of hydrogen-bond acceptors (Lipinski definition) is 6. The van der Waals surface area contributed by atoms with Crippen LogP contribution in [0.15, 0.2) is 24.3 Å². The Labute approximate surface area is 202 Å². The first-order valence-corrected chi connectivity index (χ1v) is 13.6. The van der Waals surface area contributed by atoms with E-state index >= 15 is 0 Å². The van der Waals surface area contributed by atoms with Gasteiger partial charge < -0.3 is 20.3 Å². The first-order chi connectivity index (χ1) is 16.8. The molecular weight excluding hydrogens is 422 g/mol. The fraction of sp³-hybridized carbons (Fsp3) is 0.643. The van der Waals surface area contributed by atoms with Crippen LogP contribution >= 0.6 is 0 Å². The van der Waals surface area contributed by atoms with E-state index in [4.69, 9.17) is 14.7 Å². The Morgan fingerprint density at radius 3 is 2.74 bits per heavy atom. The summed E-state index contributed by atoms with van der Waals surface area (Å²) in [5.74, 6) is 1.19. The molecule has 0 saturated carbocycles. The predicted octanol–water partition coefficient (Wildman–Crippen LogP) is 3.31. The summed E-state index contributed by atoms with van der Waals surface area (Å²) in [4.78, 5) is 12.9. The molecule has 3 saturated heterocycles. The molecule has 6 nitrogen and oxygen atoms in total. The highest BCUT2D eigenvalue weighted by Crippen LogP contribution is 2.48. The number of hydrogen-bond donors (Lipinski definition) is 2. The van der Waals surface area contributed by atoms with Gasteiger partial charge in [-0.15, -0.1) is 0 Å². The van der Waals surface area contributed by atoms with E-state index in [9.17, 15) is 0 Å². The number of anilines is 1. The number of aryl methyl sites for hydroxylation is 1. The van der Waals surface area contributed by atoms with Gasteiger partial charge in [-0.25, -0.2) is 0 Å². The minimum Gasteiger partial charge on any atom is -0.462 e. The number of benzene rings is 1. The molecule has 0 radical (unpaired) electrons. The van der Waals surface area contributed by atoms with Gasteiger partial charge in [-0.1, -0.05) is 24.3 Å². The van der Waals surface area contributed by atoms with Gasteiger partial charge in [0.15, 0.2) is 0 Å². The van der Waals surface area contributed by atoms with E-state index in [0.717, 1.165) is 32.5 Å². The van der Waals surface area contributed by atoms with Gasteiger partial charge in [-0.3, -0.25) is 0 Å². The molecule has 34 heavy (non-hydrogen) atoms. The van der Waals surface area contributed by atoms with E-state index < -0.39 is 0 Å². The minimum absolute atomic E-state index is 0.222. The molecule has 4 atom stereocenters. The topological polar surface area (TPSA) is 62.3 Å². The van der Waals surface area contributed by atoms with Gasteiger partial charge in [0.2, 0.25) is 0 Å². The van der Waals surface area contributed by atoms with Crippen LogP contribution in [-0.4, -0.2) is 54.3 Å². The SMILES string of the molecule is c1ccc2c(c1)CCCC21CCc2c(nc(OC[C@@H]3CCCN3)nc2N2[C@@H]3CC[C@H]2CNC3)C1. The Hall–Kier alpha value is -2.18. The summed E-state index contributed by atoms with van der Waals surface area (Å²) >= 11 is 0. The van der Waals surface area contributed by atoms with Crippen LogP contribution in [0, 0.1) is 0 Å². The van der Waals surface area contributed by atoms with Crippen LogP contribution in [0.1, 0.15) is 67.3 Å². The molecule has 6 heteroatoms. The largest absolute Gasteiger partial charge is 0.462 e. The van der Waals surface area contributed by atoms with Gasteiger partial charge >= 0.3 is 6.01 Å². The van der Waals surface area contributed by atoms with Crippen molar-refractivity contribution in [3.63, 3.8) is 0 Å². The van der Waals surface area contributed by atoms with Crippen molar-refractivity contribution in [3.05, 3.63) is 46.6 Å². The Morgan fingerprint density at radius 2 is 1.88 bits per heavy atom. The van der Waals surface area contributed by atoms with E-state index in [1.54, 1.807) is 11.1 Å². The summed E-state index contributed by atoms with van der Waals surface area (Å²) in [7, 11) is 0. The van der Waals surface area contributed by atoms with E-state index in [0.29, 0.717) is 30.7 Å². The third-order valence-electron chi connectivity index (χ3n) is 9.30. The van der Waals surface area contributed by atoms with Crippen LogP contribution in [0.5, 0.6) is 6.01 Å². The van der Waals surface area contributed by atoms with Gasteiger partial charge in [0.1, 0.15) is 12.4 Å². The fourth-order valence-electron chi connectivity index (χ4n) is 7.60. The molecule has 1 aromatic heterocycles. The van der Waals surface area contributed by atoms with E-state index in [-0.39, 0.29) is 5.41 Å². The maximum absolute atomic E-state index is 6.30. The second-order valence-corrected chi connectivity index (χ2v) is 11.3. The Bertz CT molecular complexity index is 1050. The Kier molecular flexibility index (Phi) is 5.28. The molecule has 4 heterocycles. The van der Waals surface area contributed by atoms with E-state index in [1.807, 2.05) is 0 Å². The first kappa shape index (κ1) is 21.1. The molecule has 1 spiro atoms. The standard InChI is InChI=1S/C28H37N5O/c1-2-8-24-19(5-1)6-3-12-28(24)13-11-23-25(15-28)31-27(34-18-20-7-4-14-30-20)32-26(23)33-21-9-10-22(33)17-29-16-21/h1-2,5,8,20-22,29-30H,3-4,6-7,9-18H2/t20-,21-,22+,28?/m0/s1. The molecule has 180 valence electrons. The van der Waals surface area contributed by atoms with Crippen molar-refractivity contribution in [2.75, 3.05) is 31.1 Å². The first-order valence-electron chi connectivity index (χ1n) is 13.6. The van der Waals surface area contributed by atoms with E-state index in [1.165, 1.54) is 68.4 Å². The quantitative estimate of drug-likeness (QED) is 0.732. The highest BCUT2D eigenvalue weighted by atomic mass is 16.5. The van der Waals surface area contributed by atoms with E-state index in [2.05, 4.69) is 39.8 Å². The molecule has 2 N–H and O–H groups in total. The second kappa shape index (κ2) is 8.49. The molecule has 1 unspecified atom stereocenters. The molecule has 3 fully saturated rings. The number of nitrogens with one attached hydrogen (secondary N) is 2. The average Bonchev–Trinajstić information content (AvgIpc) is 3.47. The summed E-state index contributed by atoms with van der Waals surface area (Å²) < 4.78 is 6.30. The van der Waals surface area contributed by atoms with Crippen molar-refractivity contribution in [2.45, 2.75) is 87.7 Å². The minimum atomic E-state index is 0.222. The second-order valence-electron chi connectivity index (χ2n) is 11.3. The van der Waals surface area contributed by atoms with Crippen LogP contribution < -0.4 is 20.3 Å².